The molecule has 0 aliphatic carbocycles. The SMILES string of the molecule is CCOC(C(=O)N(Cl)Cc1ccc(C(=N)N)cc1OC)c1c(F)cc(OC)cc1F. The van der Waals surface area contributed by atoms with Crippen LogP contribution in [0.2, 0.25) is 0 Å². The third-order valence-corrected chi connectivity index (χ3v) is 4.54. The molecule has 7 nitrogen and oxygen atoms in total. The number of halogens is 3. The first-order valence-electron chi connectivity index (χ1n) is 8.86. The maximum atomic E-state index is 14.5. The van der Waals surface area contributed by atoms with Crippen LogP contribution in [0.4, 0.5) is 8.78 Å². The van der Waals surface area contributed by atoms with Crippen molar-refractivity contribution in [3.63, 3.8) is 0 Å². The lowest BCUT2D eigenvalue weighted by Crippen LogP contribution is -2.30. The molecule has 2 rings (SSSR count). The van der Waals surface area contributed by atoms with Gasteiger partial charge in [0.05, 0.1) is 26.3 Å². The molecular formula is C20H22ClF2N3O4. The Bertz CT molecular complexity index is 919. The fourth-order valence-electron chi connectivity index (χ4n) is 2.77. The van der Waals surface area contributed by atoms with Gasteiger partial charge >= 0.3 is 0 Å². The standard InChI is InChI=1S/C20H22ClF2N3O4/c1-4-30-18(17-14(22)8-13(28-2)9-15(17)23)20(27)26(21)10-12-6-5-11(19(24)25)7-16(12)29-3/h5-9,18H,4,10H2,1-3H3,(H3,24,25). The largest absolute Gasteiger partial charge is 0.497 e. The predicted molar refractivity (Wildman–Crippen MR) is 108 cm³/mol. The van der Waals surface area contributed by atoms with Gasteiger partial charge < -0.3 is 19.9 Å². The van der Waals surface area contributed by atoms with E-state index in [9.17, 15) is 13.6 Å². The van der Waals surface area contributed by atoms with Gasteiger partial charge in [0, 0.05) is 41.6 Å². The number of hydrogen-bond acceptors (Lipinski definition) is 5. The Morgan fingerprint density at radius 1 is 1.20 bits per heavy atom. The Labute approximate surface area is 177 Å². The van der Waals surface area contributed by atoms with E-state index in [1.54, 1.807) is 19.1 Å². The fraction of sp³-hybridized carbons (Fsp3) is 0.300. The second-order valence-electron chi connectivity index (χ2n) is 6.14. The van der Waals surface area contributed by atoms with Crippen molar-refractivity contribution in [1.82, 2.24) is 4.42 Å². The number of nitrogens with zero attached hydrogens (tertiary/aromatic N) is 1. The number of carbonyl (C=O) groups excluding carboxylic acids is 1. The van der Waals surface area contributed by atoms with Gasteiger partial charge in [0.2, 0.25) is 0 Å². The zero-order valence-corrected chi connectivity index (χ0v) is 17.4. The number of rotatable bonds is 9. The molecule has 0 spiro atoms. The van der Waals surface area contributed by atoms with Gasteiger partial charge in [0.15, 0.2) is 6.10 Å². The van der Waals surface area contributed by atoms with Gasteiger partial charge in [-0.25, -0.2) is 13.2 Å². The van der Waals surface area contributed by atoms with Crippen molar-refractivity contribution < 1.29 is 27.8 Å². The molecule has 162 valence electrons. The van der Waals surface area contributed by atoms with Gasteiger partial charge in [-0.15, -0.1) is 0 Å². The zero-order chi connectivity index (χ0) is 22.4. The summed E-state index contributed by atoms with van der Waals surface area (Å²) < 4.78 is 45.2. The lowest BCUT2D eigenvalue weighted by molar-refractivity contribution is -0.139. The molecule has 2 aromatic carbocycles. The summed E-state index contributed by atoms with van der Waals surface area (Å²) in [6.07, 6.45) is -1.60. The van der Waals surface area contributed by atoms with E-state index in [0.29, 0.717) is 16.9 Å². The molecule has 0 radical (unpaired) electrons. The quantitative estimate of drug-likeness (QED) is 0.352. The van der Waals surface area contributed by atoms with Gasteiger partial charge in [-0.05, 0) is 13.0 Å². The Morgan fingerprint density at radius 2 is 1.83 bits per heavy atom. The molecule has 0 bridgehead atoms. The van der Waals surface area contributed by atoms with Crippen LogP contribution in [0.3, 0.4) is 0 Å². The molecule has 10 heteroatoms. The van der Waals surface area contributed by atoms with Crippen molar-refractivity contribution in [1.29, 1.82) is 5.41 Å². The van der Waals surface area contributed by atoms with Crippen LogP contribution in [0.15, 0.2) is 30.3 Å². The van der Waals surface area contributed by atoms with Crippen LogP contribution in [-0.2, 0) is 16.1 Å². The lowest BCUT2D eigenvalue weighted by Gasteiger charge is -2.23. The number of methoxy groups -OCH3 is 2. The highest BCUT2D eigenvalue weighted by atomic mass is 35.5. The van der Waals surface area contributed by atoms with Crippen molar-refractivity contribution in [2.24, 2.45) is 5.73 Å². The highest BCUT2D eigenvalue weighted by Gasteiger charge is 2.32. The number of nitrogens with two attached hydrogens (primary N) is 1. The van der Waals surface area contributed by atoms with Gasteiger partial charge in [0.25, 0.3) is 5.91 Å². The normalized spacial score (nSPS) is 11.7. The van der Waals surface area contributed by atoms with Gasteiger partial charge in [-0.1, -0.05) is 12.1 Å². The number of ether oxygens (including phenoxy) is 3. The van der Waals surface area contributed by atoms with Crippen LogP contribution in [0.1, 0.15) is 29.7 Å². The Morgan fingerprint density at radius 3 is 2.33 bits per heavy atom. The second-order valence-corrected chi connectivity index (χ2v) is 6.55. The van der Waals surface area contributed by atoms with Crippen molar-refractivity contribution >= 4 is 23.5 Å². The molecule has 1 unspecified atom stereocenters. The topological polar surface area (TPSA) is 97.9 Å². The summed E-state index contributed by atoms with van der Waals surface area (Å²) in [5.74, 6) is -2.69. The average molecular weight is 442 g/mol. The first-order valence-corrected chi connectivity index (χ1v) is 9.20. The molecule has 0 aliphatic rings. The average Bonchev–Trinajstić information content (AvgIpc) is 2.71. The molecule has 0 aliphatic heterocycles. The molecule has 30 heavy (non-hydrogen) atoms. The van der Waals surface area contributed by atoms with Crippen LogP contribution in [0.5, 0.6) is 11.5 Å². The van der Waals surface area contributed by atoms with Gasteiger partial charge in [0.1, 0.15) is 29.0 Å². The molecule has 1 atom stereocenters. The first-order chi connectivity index (χ1) is 14.2. The minimum Gasteiger partial charge on any atom is -0.497 e. The number of nitrogen functional groups attached to an aromatic ring is 1. The van der Waals surface area contributed by atoms with Crippen molar-refractivity contribution in [2.45, 2.75) is 19.6 Å². The van der Waals surface area contributed by atoms with Crippen molar-refractivity contribution in [2.75, 3.05) is 20.8 Å². The molecule has 2 aromatic rings. The smallest absolute Gasteiger partial charge is 0.271 e. The third-order valence-electron chi connectivity index (χ3n) is 4.25. The fourth-order valence-corrected chi connectivity index (χ4v) is 2.99. The van der Waals surface area contributed by atoms with Crippen molar-refractivity contribution in [3.05, 3.63) is 58.7 Å². The zero-order valence-electron chi connectivity index (χ0n) is 16.7. The van der Waals surface area contributed by atoms with Crippen LogP contribution in [0, 0.1) is 17.0 Å². The number of nitrogens with one attached hydrogen (secondary N) is 1. The minimum absolute atomic E-state index is 0.0165. The van der Waals surface area contributed by atoms with E-state index in [1.807, 2.05) is 0 Å². The van der Waals surface area contributed by atoms with E-state index in [4.69, 9.17) is 37.1 Å². The Hall–Kier alpha value is -2.91. The Balaban J connectivity index is 2.34. The lowest BCUT2D eigenvalue weighted by atomic mass is 10.1. The number of benzene rings is 2. The summed E-state index contributed by atoms with van der Waals surface area (Å²) >= 11 is 6.15. The van der Waals surface area contributed by atoms with Crippen LogP contribution >= 0.6 is 11.8 Å². The van der Waals surface area contributed by atoms with E-state index in [1.165, 1.54) is 20.3 Å². The summed E-state index contributed by atoms with van der Waals surface area (Å²) in [6.45, 7) is 1.45. The molecule has 0 heterocycles. The monoisotopic (exact) mass is 441 g/mol. The van der Waals surface area contributed by atoms with E-state index in [-0.39, 0.29) is 24.7 Å². The maximum absolute atomic E-state index is 14.5. The highest BCUT2D eigenvalue weighted by molar-refractivity contribution is 6.21. The highest BCUT2D eigenvalue weighted by Crippen LogP contribution is 2.31. The first kappa shape index (κ1) is 23.4. The van der Waals surface area contributed by atoms with Crippen LogP contribution < -0.4 is 15.2 Å². The predicted octanol–water partition coefficient (Wildman–Crippen LogP) is 3.53. The summed E-state index contributed by atoms with van der Waals surface area (Å²) in [4.78, 5) is 12.9. The van der Waals surface area contributed by atoms with E-state index >= 15 is 0 Å². The van der Waals surface area contributed by atoms with Crippen LogP contribution in [0.25, 0.3) is 0 Å². The molecule has 3 N–H and O–H groups in total. The molecule has 0 aromatic heterocycles. The van der Waals surface area contributed by atoms with E-state index in [0.717, 1.165) is 16.6 Å². The van der Waals surface area contributed by atoms with Crippen LogP contribution in [-0.4, -0.2) is 37.0 Å². The molecule has 0 saturated carbocycles. The Kier molecular flexibility index (Phi) is 7.96. The number of carbonyl (C=O) groups is 1. The van der Waals surface area contributed by atoms with Crippen molar-refractivity contribution in [3.8, 4) is 11.5 Å². The minimum atomic E-state index is -1.60. The molecule has 1 amide bonds. The van der Waals surface area contributed by atoms with E-state index in [2.05, 4.69) is 0 Å². The summed E-state index contributed by atoms with van der Waals surface area (Å²) in [5.41, 5.74) is 5.83. The number of hydrogen-bond donors (Lipinski definition) is 2. The second kappa shape index (κ2) is 10.2. The summed E-state index contributed by atoms with van der Waals surface area (Å²) in [6, 6.07) is 6.59. The van der Waals surface area contributed by atoms with E-state index < -0.39 is 29.2 Å². The summed E-state index contributed by atoms with van der Waals surface area (Å²) in [7, 11) is 2.68. The molecule has 0 fully saturated rings. The van der Waals surface area contributed by atoms with Gasteiger partial charge in [-0.3, -0.25) is 10.2 Å². The summed E-state index contributed by atoms with van der Waals surface area (Å²) in [5, 5.41) is 7.49. The number of amidine groups is 1. The number of amides is 1. The molecule has 0 saturated heterocycles. The third kappa shape index (κ3) is 5.17. The maximum Gasteiger partial charge on any atom is 0.271 e. The molecular weight excluding hydrogens is 420 g/mol. The van der Waals surface area contributed by atoms with Gasteiger partial charge in [-0.2, -0.15) is 0 Å².